The Morgan fingerprint density at radius 2 is 1.50 bits per heavy atom. The van der Waals surface area contributed by atoms with E-state index in [2.05, 4.69) is 0 Å². The van der Waals surface area contributed by atoms with Crippen molar-refractivity contribution in [1.82, 2.24) is 0 Å². The predicted octanol–water partition coefficient (Wildman–Crippen LogP) is 4.71. The Morgan fingerprint density at radius 3 is 2.10 bits per heavy atom. The molecule has 1 aliphatic rings. The quantitative estimate of drug-likeness (QED) is 0.383. The highest BCUT2D eigenvalue weighted by molar-refractivity contribution is 6.51. The van der Waals surface area contributed by atoms with Crippen molar-refractivity contribution >= 4 is 23.1 Å². The van der Waals surface area contributed by atoms with Gasteiger partial charge in [-0.25, -0.2) is 0 Å². The average Bonchev–Trinajstić information content (AvgIpc) is 3.06. The topological polar surface area (TPSA) is 66.8 Å². The van der Waals surface area contributed by atoms with E-state index in [1.165, 1.54) is 4.90 Å². The van der Waals surface area contributed by atoms with Crippen molar-refractivity contribution in [2.24, 2.45) is 0 Å². The molecule has 150 valence electrons. The molecule has 3 aromatic rings. The molecular formula is C25H21NO4. The van der Waals surface area contributed by atoms with Crippen molar-refractivity contribution in [3.63, 3.8) is 0 Å². The van der Waals surface area contributed by atoms with Crippen molar-refractivity contribution in [2.45, 2.75) is 13.0 Å². The van der Waals surface area contributed by atoms with Crippen molar-refractivity contribution in [3.05, 3.63) is 102 Å². The largest absolute Gasteiger partial charge is 0.507 e. The summed E-state index contributed by atoms with van der Waals surface area (Å²) >= 11 is 0. The van der Waals surface area contributed by atoms with Gasteiger partial charge in [0.15, 0.2) is 0 Å². The van der Waals surface area contributed by atoms with Gasteiger partial charge in [-0.15, -0.1) is 0 Å². The highest BCUT2D eigenvalue weighted by Crippen LogP contribution is 2.42. The van der Waals surface area contributed by atoms with Gasteiger partial charge in [0.2, 0.25) is 0 Å². The molecule has 30 heavy (non-hydrogen) atoms. The van der Waals surface area contributed by atoms with Gasteiger partial charge in [0.25, 0.3) is 11.7 Å². The SMILES string of the molecule is CCOc1ccc(/C(O)=C2/C(=O)C(=O)N(c3ccccc3)C2c2ccccc2)cc1. The number of carbonyl (C=O) groups excluding carboxylic acids is 2. The number of nitrogens with zero attached hydrogens (tertiary/aromatic N) is 1. The molecule has 1 atom stereocenters. The average molecular weight is 399 g/mol. The molecule has 0 saturated carbocycles. The second-order valence-corrected chi connectivity index (χ2v) is 6.87. The van der Waals surface area contributed by atoms with Gasteiger partial charge in [-0.05, 0) is 48.9 Å². The zero-order valence-corrected chi connectivity index (χ0v) is 16.5. The molecule has 0 aromatic heterocycles. The number of para-hydroxylation sites is 1. The lowest BCUT2D eigenvalue weighted by atomic mass is 9.95. The number of amides is 1. The van der Waals surface area contributed by atoms with E-state index < -0.39 is 17.7 Å². The molecule has 0 radical (unpaired) electrons. The summed E-state index contributed by atoms with van der Waals surface area (Å²) in [7, 11) is 0. The van der Waals surface area contributed by atoms with E-state index >= 15 is 0 Å². The van der Waals surface area contributed by atoms with Crippen LogP contribution in [-0.4, -0.2) is 23.4 Å². The zero-order valence-electron chi connectivity index (χ0n) is 16.5. The maximum Gasteiger partial charge on any atom is 0.300 e. The minimum Gasteiger partial charge on any atom is -0.507 e. The Labute approximate surface area is 174 Å². The molecular weight excluding hydrogens is 378 g/mol. The summed E-state index contributed by atoms with van der Waals surface area (Å²) in [6.45, 7) is 2.42. The van der Waals surface area contributed by atoms with Crippen molar-refractivity contribution in [2.75, 3.05) is 11.5 Å². The minimum atomic E-state index is -0.722. The lowest BCUT2D eigenvalue weighted by Crippen LogP contribution is -2.29. The summed E-state index contributed by atoms with van der Waals surface area (Å²) < 4.78 is 5.44. The van der Waals surface area contributed by atoms with E-state index in [-0.39, 0.29) is 11.3 Å². The van der Waals surface area contributed by atoms with Gasteiger partial charge in [0.05, 0.1) is 18.2 Å². The number of benzene rings is 3. The van der Waals surface area contributed by atoms with Crippen LogP contribution < -0.4 is 9.64 Å². The van der Waals surface area contributed by atoms with Crippen LogP contribution in [0, 0.1) is 0 Å². The minimum absolute atomic E-state index is 0.0687. The number of hydrogen-bond acceptors (Lipinski definition) is 4. The fourth-order valence-electron chi connectivity index (χ4n) is 3.67. The van der Waals surface area contributed by atoms with Crippen LogP contribution in [-0.2, 0) is 9.59 Å². The summed E-state index contributed by atoms with van der Waals surface area (Å²) in [6, 6.07) is 24.3. The van der Waals surface area contributed by atoms with E-state index in [1.54, 1.807) is 36.4 Å². The van der Waals surface area contributed by atoms with Crippen molar-refractivity contribution in [1.29, 1.82) is 0 Å². The molecule has 1 heterocycles. The van der Waals surface area contributed by atoms with Crippen LogP contribution >= 0.6 is 0 Å². The number of Topliss-reactive ketones (excluding diaryl/α,β-unsaturated/α-hetero) is 1. The lowest BCUT2D eigenvalue weighted by Gasteiger charge is -2.25. The number of anilines is 1. The van der Waals surface area contributed by atoms with Crippen LogP contribution in [0.4, 0.5) is 5.69 Å². The number of ether oxygens (including phenoxy) is 1. The summed E-state index contributed by atoms with van der Waals surface area (Å²) in [5.41, 5.74) is 1.86. The third-order valence-corrected chi connectivity index (χ3v) is 5.03. The lowest BCUT2D eigenvalue weighted by molar-refractivity contribution is -0.132. The molecule has 1 N–H and O–H groups in total. The maximum atomic E-state index is 13.0. The van der Waals surface area contributed by atoms with Crippen molar-refractivity contribution < 1.29 is 19.4 Å². The first kappa shape index (κ1) is 19.5. The Balaban J connectivity index is 1.87. The molecule has 4 rings (SSSR count). The molecule has 5 heteroatoms. The second kappa shape index (κ2) is 8.25. The standard InChI is InChI=1S/C25H21NO4/c1-2-30-20-15-13-18(14-16-20)23(27)21-22(17-9-5-3-6-10-17)26(25(29)24(21)28)19-11-7-4-8-12-19/h3-16,22,27H,2H2,1H3/b23-21-. The molecule has 5 nitrogen and oxygen atoms in total. The Hall–Kier alpha value is -3.86. The number of rotatable bonds is 5. The van der Waals surface area contributed by atoms with E-state index in [4.69, 9.17) is 4.74 Å². The van der Waals surface area contributed by atoms with E-state index in [1.807, 2.05) is 55.5 Å². The molecule has 0 spiro atoms. The molecule has 0 bridgehead atoms. The zero-order chi connectivity index (χ0) is 21.1. The Bertz CT molecular complexity index is 1090. The number of ketones is 1. The highest BCUT2D eigenvalue weighted by Gasteiger charge is 2.46. The summed E-state index contributed by atoms with van der Waals surface area (Å²) in [4.78, 5) is 27.5. The Morgan fingerprint density at radius 1 is 0.900 bits per heavy atom. The number of carbonyl (C=O) groups is 2. The van der Waals surface area contributed by atoms with Crippen molar-refractivity contribution in [3.8, 4) is 5.75 Å². The van der Waals surface area contributed by atoms with Crippen LogP contribution in [0.5, 0.6) is 5.75 Å². The van der Waals surface area contributed by atoms with Gasteiger partial charge in [0, 0.05) is 11.3 Å². The van der Waals surface area contributed by atoms with Crippen LogP contribution in [0.25, 0.3) is 5.76 Å². The van der Waals surface area contributed by atoms with Crippen LogP contribution in [0.2, 0.25) is 0 Å². The molecule has 0 aliphatic carbocycles. The fraction of sp³-hybridized carbons (Fsp3) is 0.120. The molecule has 1 fully saturated rings. The highest BCUT2D eigenvalue weighted by atomic mass is 16.5. The van der Waals surface area contributed by atoms with Gasteiger partial charge in [-0.1, -0.05) is 48.5 Å². The first-order valence-electron chi connectivity index (χ1n) is 9.76. The van der Waals surface area contributed by atoms with E-state index in [0.717, 1.165) is 5.56 Å². The molecule has 1 aliphatic heterocycles. The van der Waals surface area contributed by atoms with Crippen LogP contribution in [0.3, 0.4) is 0 Å². The monoisotopic (exact) mass is 399 g/mol. The van der Waals surface area contributed by atoms with Gasteiger partial charge in [-0.3, -0.25) is 14.5 Å². The molecule has 1 saturated heterocycles. The summed E-state index contributed by atoms with van der Waals surface area (Å²) in [6.07, 6.45) is 0. The maximum absolute atomic E-state index is 13.0. The van der Waals surface area contributed by atoms with Gasteiger partial charge in [0.1, 0.15) is 11.5 Å². The molecule has 1 amide bonds. The summed E-state index contributed by atoms with van der Waals surface area (Å²) in [5, 5.41) is 11.1. The van der Waals surface area contributed by atoms with Gasteiger partial charge < -0.3 is 9.84 Å². The Kier molecular flexibility index (Phi) is 5.35. The number of aliphatic hydroxyl groups is 1. The van der Waals surface area contributed by atoms with Gasteiger partial charge >= 0.3 is 0 Å². The summed E-state index contributed by atoms with van der Waals surface area (Å²) in [5.74, 6) is -0.913. The van der Waals surface area contributed by atoms with E-state index in [9.17, 15) is 14.7 Å². The second-order valence-electron chi connectivity index (χ2n) is 6.87. The number of hydrogen-bond donors (Lipinski definition) is 1. The van der Waals surface area contributed by atoms with Crippen LogP contribution in [0.1, 0.15) is 24.1 Å². The predicted molar refractivity (Wildman–Crippen MR) is 115 cm³/mol. The van der Waals surface area contributed by atoms with Crippen LogP contribution in [0.15, 0.2) is 90.5 Å². The third-order valence-electron chi connectivity index (χ3n) is 5.03. The number of aliphatic hydroxyl groups excluding tert-OH is 1. The third kappa shape index (κ3) is 3.46. The first-order valence-corrected chi connectivity index (χ1v) is 9.76. The first-order chi connectivity index (χ1) is 14.6. The molecule has 3 aromatic carbocycles. The smallest absolute Gasteiger partial charge is 0.300 e. The molecule has 1 unspecified atom stereocenters. The normalized spacial score (nSPS) is 17.9. The van der Waals surface area contributed by atoms with E-state index in [0.29, 0.717) is 23.6 Å². The fourth-order valence-corrected chi connectivity index (χ4v) is 3.67. The van der Waals surface area contributed by atoms with Gasteiger partial charge in [-0.2, -0.15) is 0 Å².